The van der Waals surface area contributed by atoms with Crippen LogP contribution in [0.25, 0.3) is 22.8 Å². The lowest BCUT2D eigenvalue weighted by atomic mass is 10.1. The smallest absolute Gasteiger partial charge is 0.259 e. The molecule has 0 bridgehead atoms. The van der Waals surface area contributed by atoms with E-state index in [4.69, 9.17) is 19.7 Å². The maximum Gasteiger partial charge on any atom is 0.259 e. The molecule has 0 atom stereocenters. The normalized spacial score (nSPS) is 14.9. The zero-order chi connectivity index (χ0) is 19.5. The molecule has 1 aliphatic heterocycles. The number of anilines is 1. The predicted molar refractivity (Wildman–Crippen MR) is 105 cm³/mol. The number of pyridine rings is 1. The van der Waals surface area contributed by atoms with Crippen LogP contribution >= 0.6 is 0 Å². The van der Waals surface area contributed by atoms with Gasteiger partial charge >= 0.3 is 0 Å². The summed E-state index contributed by atoms with van der Waals surface area (Å²) >= 11 is 0. The third-order valence-electron chi connectivity index (χ3n) is 4.93. The van der Waals surface area contributed by atoms with Gasteiger partial charge in [0.1, 0.15) is 5.82 Å². The van der Waals surface area contributed by atoms with E-state index in [-0.39, 0.29) is 0 Å². The van der Waals surface area contributed by atoms with Crippen LogP contribution in [-0.2, 0) is 0 Å². The molecule has 3 aromatic rings. The minimum absolute atomic E-state index is 0.293. The van der Waals surface area contributed by atoms with Crippen LogP contribution < -0.4 is 20.1 Å². The van der Waals surface area contributed by atoms with Gasteiger partial charge in [-0.15, -0.1) is 0 Å². The molecule has 28 heavy (non-hydrogen) atoms. The minimum atomic E-state index is 0.293. The molecule has 1 aliphatic rings. The molecule has 0 saturated carbocycles. The van der Waals surface area contributed by atoms with Gasteiger partial charge in [-0.25, -0.2) is 4.98 Å². The third-order valence-corrected chi connectivity index (χ3v) is 4.93. The van der Waals surface area contributed by atoms with Crippen LogP contribution in [-0.4, -0.2) is 48.5 Å². The van der Waals surface area contributed by atoms with Crippen LogP contribution in [0.3, 0.4) is 0 Å². The second kappa shape index (κ2) is 7.85. The first-order valence-electron chi connectivity index (χ1n) is 9.21. The molecule has 0 radical (unpaired) electrons. The lowest BCUT2D eigenvalue weighted by molar-refractivity contribution is 0.355. The van der Waals surface area contributed by atoms with Crippen molar-refractivity contribution in [2.45, 2.75) is 18.9 Å². The van der Waals surface area contributed by atoms with Gasteiger partial charge in [0.15, 0.2) is 11.5 Å². The summed E-state index contributed by atoms with van der Waals surface area (Å²) in [7, 11) is 3.17. The molecule has 4 rings (SSSR count). The maximum absolute atomic E-state index is 5.97. The molecule has 1 saturated heterocycles. The van der Waals surface area contributed by atoms with Crippen molar-refractivity contribution in [3.63, 3.8) is 0 Å². The molecule has 8 heteroatoms. The summed E-state index contributed by atoms with van der Waals surface area (Å²) in [5, 5.41) is 4.09. The molecule has 0 amide bonds. The van der Waals surface area contributed by atoms with E-state index in [2.05, 4.69) is 20.0 Å². The van der Waals surface area contributed by atoms with Crippen LogP contribution in [0.4, 0.5) is 5.82 Å². The summed E-state index contributed by atoms with van der Waals surface area (Å²) < 4.78 is 16.2. The van der Waals surface area contributed by atoms with Crippen LogP contribution in [0, 0.1) is 0 Å². The van der Waals surface area contributed by atoms with E-state index in [0.717, 1.165) is 37.3 Å². The Bertz CT molecular complexity index is 933. The quantitative estimate of drug-likeness (QED) is 0.720. The van der Waals surface area contributed by atoms with E-state index in [1.165, 1.54) is 0 Å². The summed E-state index contributed by atoms with van der Waals surface area (Å²) in [6.07, 6.45) is 3.72. The van der Waals surface area contributed by atoms with E-state index in [9.17, 15) is 0 Å². The van der Waals surface area contributed by atoms with Crippen LogP contribution in [0.5, 0.6) is 11.5 Å². The summed E-state index contributed by atoms with van der Waals surface area (Å²) in [4.78, 5) is 11.3. The second-order valence-electron chi connectivity index (χ2n) is 6.69. The summed E-state index contributed by atoms with van der Waals surface area (Å²) in [5.41, 5.74) is 7.44. The van der Waals surface area contributed by atoms with E-state index in [1.54, 1.807) is 20.4 Å². The number of methoxy groups -OCH3 is 2. The molecule has 0 spiro atoms. The van der Waals surface area contributed by atoms with Gasteiger partial charge in [-0.3, -0.25) is 0 Å². The van der Waals surface area contributed by atoms with Gasteiger partial charge in [0.2, 0.25) is 5.82 Å². The number of rotatable bonds is 5. The number of ether oxygens (including phenoxy) is 2. The Kier molecular flexibility index (Phi) is 5.12. The molecular formula is C20H23N5O3. The van der Waals surface area contributed by atoms with Crippen molar-refractivity contribution >= 4 is 5.82 Å². The van der Waals surface area contributed by atoms with Gasteiger partial charge in [-0.1, -0.05) is 11.2 Å². The lowest BCUT2D eigenvalue weighted by Gasteiger charge is -2.31. The highest BCUT2D eigenvalue weighted by molar-refractivity contribution is 5.69. The number of piperidine rings is 1. The fourth-order valence-corrected chi connectivity index (χ4v) is 3.34. The van der Waals surface area contributed by atoms with Gasteiger partial charge in [-0.2, -0.15) is 4.98 Å². The number of hydrogen-bond donors (Lipinski definition) is 1. The van der Waals surface area contributed by atoms with Crippen molar-refractivity contribution in [1.29, 1.82) is 0 Å². The Morgan fingerprint density at radius 3 is 2.61 bits per heavy atom. The fourth-order valence-electron chi connectivity index (χ4n) is 3.34. The van der Waals surface area contributed by atoms with Gasteiger partial charge in [0, 0.05) is 25.3 Å². The monoisotopic (exact) mass is 381 g/mol. The van der Waals surface area contributed by atoms with Crippen molar-refractivity contribution in [1.82, 2.24) is 15.1 Å². The average Bonchev–Trinajstić information content (AvgIpc) is 3.24. The molecule has 0 aliphatic carbocycles. The first-order valence-corrected chi connectivity index (χ1v) is 9.21. The zero-order valence-corrected chi connectivity index (χ0v) is 16.0. The molecule has 3 heterocycles. The van der Waals surface area contributed by atoms with Gasteiger partial charge in [0.05, 0.1) is 25.3 Å². The molecule has 1 fully saturated rings. The highest BCUT2D eigenvalue weighted by atomic mass is 16.5. The summed E-state index contributed by atoms with van der Waals surface area (Å²) in [6, 6.07) is 9.74. The first-order chi connectivity index (χ1) is 13.7. The summed E-state index contributed by atoms with van der Waals surface area (Å²) in [5.74, 6) is 2.94. The molecule has 146 valence electrons. The molecule has 8 nitrogen and oxygen atoms in total. The SMILES string of the molecule is COc1cccc(-c2noc(-c3ccc(N4CCC(N)CC4)nc3)n2)c1OC. The number of para-hydroxylation sites is 1. The van der Waals surface area contributed by atoms with Crippen molar-refractivity contribution in [2.75, 3.05) is 32.2 Å². The fraction of sp³-hybridized carbons (Fsp3) is 0.350. The van der Waals surface area contributed by atoms with Crippen LogP contribution in [0.2, 0.25) is 0 Å². The Hall–Kier alpha value is -3.13. The molecule has 2 aromatic heterocycles. The van der Waals surface area contributed by atoms with Gasteiger partial charge in [0.25, 0.3) is 5.89 Å². The number of nitrogens with zero attached hydrogens (tertiary/aromatic N) is 4. The van der Waals surface area contributed by atoms with E-state index in [0.29, 0.717) is 34.8 Å². The number of hydrogen-bond acceptors (Lipinski definition) is 8. The Morgan fingerprint density at radius 1 is 1.11 bits per heavy atom. The van der Waals surface area contributed by atoms with Gasteiger partial charge in [-0.05, 0) is 37.1 Å². The lowest BCUT2D eigenvalue weighted by Crippen LogP contribution is -2.40. The highest BCUT2D eigenvalue weighted by Crippen LogP contribution is 2.37. The standard InChI is InChI=1S/C20H23N5O3/c1-26-16-5-3-4-15(18(16)27-2)19-23-20(28-24-19)13-6-7-17(22-12-13)25-10-8-14(21)9-11-25/h3-7,12,14H,8-11,21H2,1-2H3. The largest absolute Gasteiger partial charge is 0.493 e. The van der Waals surface area contributed by atoms with Crippen molar-refractivity contribution in [3.05, 3.63) is 36.5 Å². The topological polar surface area (TPSA) is 99.5 Å². The van der Waals surface area contributed by atoms with Gasteiger partial charge < -0.3 is 24.6 Å². The van der Waals surface area contributed by atoms with Crippen LogP contribution in [0.15, 0.2) is 41.1 Å². The van der Waals surface area contributed by atoms with Crippen LogP contribution in [0.1, 0.15) is 12.8 Å². The molecule has 2 N–H and O–H groups in total. The Labute approximate surface area is 163 Å². The first kappa shape index (κ1) is 18.2. The third kappa shape index (κ3) is 3.50. The van der Waals surface area contributed by atoms with Crippen molar-refractivity contribution < 1.29 is 14.0 Å². The maximum atomic E-state index is 5.97. The van der Waals surface area contributed by atoms with E-state index in [1.807, 2.05) is 30.3 Å². The number of aromatic nitrogens is 3. The predicted octanol–water partition coefficient (Wildman–Crippen LogP) is 2.74. The number of nitrogens with two attached hydrogens (primary N) is 1. The van der Waals surface area contributed by atoms with E-state index < -0.39 is 0 Å². The summed E-state index contributed by atoms with van der Waals surface area (Å²) in [6.45, 7) is 1.85. The Morgan fingerprint density at radius 2 is 1.93 bits per heavy atom. The second-order valence-corrected chi connectivity index (χ2v) is 6.69. The highest BCUT2D eigenvalue weighted by Gasteiger charge is 2.19. The zero-order valence-electron chi connectivity index (χ0n) is 16.0. The Balaban J connectivity index is 1.57. The molecule has 1 aromatic carbocycles. The molecule has 0 unspecified atom stereocenters. The number of benzene rings is 1. The average molecular weight is 381 g/mol. The van der Waals surface area contributed by atoms with Crippen molar-refractivity contribution in [3.8, 4) is 34.3 Å². The van der Waals surface area contributed by atoms with E-state index >= 15 is 0 Å². The minimum Gasteiger partial charge on any atom is -0.493 e. The molecular weight excluding hydrogens is 358 g/mol. The van der Waals surface area contributed by atoms with Crippen molar-refractivity contribution in [2.24, 2.45) is 5.73 Å².